The summed E-state index contributed by atoms with van der Waals surface area (Å²) in [6.07, 6.45) is 2.51. The van der Waals surface area contributed by atoms with Crippen LogP contribution in [0.5, 0.6) is 5.75 Å². The molecule has 0 saturated heterocycles. The number of benzene rings is 1. The van der Waals surface area contributed by atoms with Gasteiger partial charge in [-0.15, -0.1) is 0 Å². The van der Waals surface area contributed by atoms with Crippen molar-refractivity contribution in [3.8, 4) is 11.8 Å². The zero-order valence-corrected chi connectivity index (χ0v) is 10.2. The van der Waals surface area contributed by atoms with Crippen molar-refractivity contribution < 1.29 is 4.74 Å². The number of para-hydroxylation sites is 1. The maximum absolute atomic E-state index is 8.95. The second-order valence-electron chi connectivity index (χ2n) is 3.80. The fraction of sp³-hybridized carbons (Fsp3) is 0.308. The van der Waals surface area contributed by atoms with Crippen LogP contribution < -0.4 is 4.74 Å². The lowest BCUT2D eigenvalue weighted by molar-refractivity contribution is 0.285. The predicted molar refractivity (Wildman–Crippen MR) is 65.8 cm³/mol. The maximum atomic E-state index is 8.95. The minimum Gasteiger partial charge on any atom is -0.484 e. The number of nitriles is 1. The summed E-state index contributed by atoms with van der Waals surface area (Å²) in [5.41, 5.74) is 0.527. The Labute approximate surface area is 106 Å². The van der Waals surface area contributed by atoms with Gasteiger partial charge >= 0.3 is 0 Å². The Bertz CT molecular complexity index is 556. The Morgan fingerprint density at radius 3 is 3.00 bits per heavy atom. The average molecular weight is 242 g/mol. The highest BCUT2D eigenvalue weighted by molar-refractivity contribution is 5.42. The first-order valence-electron chi connectivity index (χ1n) is 5.83. The normalized spacial score (nSPS) is 10.0. The molecule has 2 rings (SSSR count). The van der Waals surface area contributed by atoms with E-state index in [9.17, 15) is 0 Å². The molecule has 5 heteroatoms. The molecule has 92 valence electrons. The molecule has 5 nitrogen and oxygen atoms in total. The summed E-state index contributed by atoms with van der Waals surface area (Å²) in [5.74, 6) is 1.34. The quantitative estimate of drug-likeness (QED) is 0.805. The largest absolute Gasteiger partial charge is 0.484 e. The van der Waals surface area contributed by atoms with E-state index >= 15 is 0 Å². The summed E-state index contributed by atoms with van der Waals surface area (Å²) in [7, 11) is 0. The van der Waals surface area contributed by atoms with Gasteiger partial charge in [0.1, 0.15) is 24.8 Å². The summed E-state index contributed by atoms with van der Waals surface area (Å²) in [6, 6.07) is 9.25. The van der Waals surface area contributed by atoms with Gasteiger partial charge in [0.05, 0.1) is 5.56 Å². The molecule has 0 N–H and O–H groups in total. The number of rotatable bonds is 5. The number of aromatic nitrogens is 3. The Hall–Kier alpha value is -2.35. The highest BCUT2D eigenvalue weighted by Crippen LogP contribution is 2.17. The molecule has 0 aliphatic carbocycles. The number of nitrogens with zero attached hydrogens (tertiary/aromatic N) is 4. The smallest absolute Gasteiger partial charge is 0.164 e. The highest BCUT2D eigenvalue weighted by Gasteiger charge is 2.06. The van der Waals surface area contributed by atoms with Gasteiger partial charge in [-0.2, -0.15) is 10.4 Å². The number of ether oxygens (including phenoxy) is 1. The summed E-state index contributed by atoms with van der Waals surface area (Å²) in [4.78, 5) is 4.15. The fourth-order valence-electron chi connectivity index (χ4n) is 1.63. The van der Waals surface area contributed by atoms with Gasteiger partial charge in [0, 0.05) is 6.54 Å². The van der Waals surface area contributed by atoms with Crippen LogP contribution in [-0.4, -0.2) is 14.8 Å². The summed E-state index contributed by atoms with van der Waals surface area (Å²) in [5, 5.41) is 13.1. The van der Waals surface area contributed by atoms with Gasteiger partial charge in [0.25, 0.3) is 0 Å². The second kappa shape index (κ2) is 5.82. The monoisotopic (exact) mass is 242 g/mol. The first-order chi connectivity index (χ1) is 8.85. The Balaban J connectivity index is 2.07. The minimum absolute atomic E-state index is 0.318. The van der Waals surface area contributed by atoms with Crippen LogP contribution in [0.15, 0.2) is 30.6 Å². The lowest BCUT2D eigenvalue weighted by Gasteiger charge is -2.08. The molecule has 0 unspecified atom stereocenters. The Kier molecular flexibility index (Phi) is 3.92. The van der Waals surface area contributed by atoms with E-state index in [1.807, 2.05) is 16.8 Å². The number of hydrogen-bond donors (Lipinski definition) is 0. The van der Waals surface area contributed by atoms with E-state index in [4.69, 9.17) is 10.00 Å². The fourth-order valence-corrected chi connectivity index (χ4v) is 1.63. The third-order valence-electron chi connectivity index (χ3n) is 2.50. The van der Waals surface area contributed by atoms with Crippen molar-refractivity contribution in [3.05, 3.63) is 42.0 Å². The third kappa shape index (κ3) is 2.66. The van der Waals surface area contributed by atoms with E-state index in [-0.39, 0.29) is 0 Å². The van der Waals surface area contributed by atoms with Crippen molar-refractivity contribution in [2.75, 3.05) is 0 Å². The second-order valence-corrected chi connectivity index (χ2v) is 3.80. The SMILES string of the molecule is CCCn1ncnc1COc1ccccc1C#N. The van der Waals surface area contributed by atoms with Crippen LogP contribution in [0.4, 0.5) is 0 Å². The highest BCUT2D eigenvalue weighted by atomic mass is 16.5. The van der Waals surface area contributed by atoms with Crippen LogP contribution in [0, 0.1) is 11.3 Å². The molecule has 1 heterocycles. The number of hydrogen-bond acceptors (Lipinski definition) is 4. The molecule has 0 amide bonds. The standard InChI is InChI=1S/C13H14N4O/c1-2-7-17-13(15-10-16-17)9-18-12-6-4-3-5-11(12)8-14/h3-6,10H,2,7,9H2,1H3. The van der Waals surface area contributed by atoms with Gasteiger partial charge in [-0.3, -0.25) is 0 Å². The lowest BCUT2D eigenvalue weighted by Crippen LogP contribution is -2.08. The molecule has 0 atom stereocenters. The molecule has 0 aliphatic heterocycles. The topological polar surface area (TPSA) is 63.7 Å². The Morgan fingerprint density at radius 2 is 2.22 bits per heavy atom. The molecule has 0 fully saturated rings. The third-order valence-corrected chi connectivity index (χ3v) is 2.50. The van der Waals surface area contributed by atoms with Gasteiger partial charge in [0.2, 0.25) is 0 Å². The molecule has 1 aromatic heterocycles. The van der Waals surface area contributed by atoms with Gasteiger partial charge in [-0.25, -0.2) is 9.67 Å². The Morgan fingerprint density at radius 1 is 1.39 bits per heavy atom. The van der Waals surface area contributed by atoms with Crippen LogP contribution in [0.1, 0.15) is 24.7 Å². The molecular formula is C13H14N4O. The first-order valence-corrected chi connectivity index (χ1v) is 5.83. The van der Waals surface area contributed by atoms with Crippen LogP contribution >= 0.6 is 0 Å². The molecule has 1 aromatic carbocycles. The van der Waals surface area contributed by atoms with Crippen molar-refractivity contribution in [3.63, 3.8) is 0 Å². The van der Waals surface area contributed by atoms with Crippen LogP contribution in [0.25, 0.3) is 0 Å². The van der Waals surface area contributed by atoms with Crippen molar-refractivity contribution >= 4 is 0 Å². The van der Waals surface area contributed by atoms with Crippen molar-refractivity contribution in [1.82, 2.24) is 14.8 Å². The molecule has 0 radical (unpaired) electrons. The minimum atomic E-state index is 0.318. The van der Waals surface area contributed by atoms with Gasteiger partial charge in [0.15, 0.2) is 5.82 Å². The zero-order valence-electron chi connectivity index (χ0n) is 10.2. The predicted octanol–water partition coefficient (Wildman–Crippen LogP) is 2.14. The summed E-state index contributed by atoms with van der Waals surface area (Å²) < 4.78 is 7.43. The molecule has 2 aromatic rings. The van der Waals surface area contributed by atoms with E-state index < -0.39 is 0 Å². The zero-order chi connectivity index (χ0) is 12.8. The number of aryl methyl sites for hydroxylation is 1. The molecule has 18 heavy (non-hydrogen) atoms. The van der Waals surface area contributed by atoms with Crippen molar-refractivity contribution in [2.45, 2.75) is 26.5 Å². The molecule has 0 saturated carbocycles. The van der Waals surface area contributed by atoms with E-state index in [0.29, 0.717) is 17.9 Å². The van der Waals surface area contributed by atoms with Crippen LogP contribution in [-0.2, 0) is 13.2 Å². The van der Waals surface area contributed by atoms with Gasteiger partial charge in [-0.1, -0.05) is 19.1 Å². The molecule has 0 spiro atoms. The van der Waals surface area contributed by atoms with Crippen LogP contribution in [0.3, 0.4) is 0 Å². The van der Waals surface area contributed by atoms with E-state index in [0.717, 1.165) is 18.8 Å². The summed E-state index contributed by atoms with van der Waals surface area (Å²) >= 11 is 0. The van der Waals surface area contributed by atoms with Crippen LogP contribution in [0.2, 0.25) is 0 Å². The van der Waals surface area contributed by atoms with E-state index in [1.54, 1.807) is 12.1 Å². The van der Waals surface area contributed by atoms with Gasteiger partial charge in [-0.05, 0) is 18.6 Å². The summed E-state index contributed by atoms with van der Waals surface area (Å²) in [6.45, 7) is 3.22. The molecular weight excluding hydrogens is 228 g/mol. The average Bonchev–Trinajstić information content (AvgIpc) is 2.84. The van der Waals surface area contributed by atoms with E-state index in [2.05, 4.69) is 23.1 Å². The molecule has 0 aliphatic rings. The molecule has 0 bridgehead atoms. The lowest BCUT2D eigenvalue weighted by atomic mass is 10.2. The maximum Gasteiger partial charge on any atom is 0.164 e. The van der Waals surface area contributed by atoms with E-state index in [1.165, 1.54) is 6.33 Å². The van der Waals surface area contributed by atoms with Crippen molar-refractivity contribution in [2.24, 2.45) is 0 Å². The van der Waals surface area contributed by atoms with Crippen molar-refractivity contribution in [1.29, 1.82) is 5.26 Å². The first kappa shape index (κ1) is 12.1. The van der Waals surface area contributed by atoms with Gasteiger partial charge < -0.3 is 4.74 Å².